The van der Waals surface area contributed by atoms with E-state index in [0.717, 1.165) is 50.3 Å². The van der Waals surface area contributed by atoms with Gasteiger partial charge in [-0.15, -0.1) is 0 Å². The van der Waals surface area contributed by atoms with E-state index >= 15 is 0 Å². The van der Waals surface area contributed by atoms with Gasteiger partial charge in [0.1, 0.15) is 0 Å². The summed E-state index contributed by atoms with van der Waals surface area (Å²) < 4.78 is 5.78. The molecule has 19 heavy (non-hydrogen) atoms. The summed E-state index contributed by atoms with van der Waals surface area (Å²) in [4.78, 5) is 2.64. The predicted octanol–water partition coefficient (Wildman–Crippen LogP) is 2.65. The molecule has 3 nitrogen and oxygen atoms in total. The number of likely N-dealkylation sites (N-methyl/N-ethyl adjacent to an activating group) is 1. The van der Waals surface area contributed by atoms with Gasteiger partial charge in [0, 0.05) is 31.3 Å². The molecule has 0 spiro atoms. The van der Waals surface area contributed by atoms with Crippen LogP contribution in [0, 0.1) is 5.92 Å². The van der Waals surface area contributed by atoms with Crippen molar-refractivity contribution in [2.75, 3.05) is 26.3 Å². The molecule has 2 fully saturated rings. The molecule has 0 aliphatic carbocycles. The first kappa shape index (κ1) is 15.3. The van der Waals surface area contributed by atoms with Crippen LogP contribution in [0.25, 0.3) is 0 Å². The van der Waals surface area contributed by atoms with Crippen molar-refractivity contribution in [3.63, 3.8) is 0 Å². The van der Waals surface area contributed by atoms with Gasteiger partial charge in [0.2, 0.25) is 0 Å². The van der Waals surface area contributed by atoms with E-state index in [9.17, 15) is 0 Å². The van der Waals surface area contributed by atoms with Crippen molar-refractivity contribution in [2.45, 2.75) is 71.0 Å². The second-order valence-corrected chi connectivity index (χ2v) is 6.69. The smallest absolute Gasteiger partial charge is 0.0593 e. The van der Waals surface area contributed by atoms with E-state index < -0.39 is 0 Å². The van der Waals surface area contributed by atoms with Crippen LogP contribution in [0.4, 0.5) is 0 Å². The summed E-state index contributed by atoms with van der Waals surface area (Å²) in [5.74, 6) is 0.752. The first-order valence-corrected chi connectivity index (χ1v) is 8.26. The number of fused-ring (bicyclic) bond motifs is 2. The Morgan fingerprint density at radius 2 is 1.84 bits per heavy atom. The Kier molecular flexibility index (Phi) is 6.11. The van der Waals surface area contributed by atoms with Crippen LogP contribution in [-0.4, -0.2) is 49.3 Å². The van der Waals surface area contributed by atoms with Crippen molar-refractivity contribution < 1.29 is 4.74 Å². The number of ether oxygens (including phenoxy) is 1. The van der Waals surface area contributed by atoms with Gasteiger partial charge in [0.05, 0.1) is 6.61 Å². The summed E-state index contributed by atoms with van der Waals surface area (Å²) >= 11 is 0. The van der Waals surface area contributed by atoms with E-state index in [1.807, 2.05) is 0 Å². The Labute approximate surface area is 119 Å². The average molecular weight is 268 g/mol. The first-order chi connectivity index (χ1) is 9.19. The van der Waals surface area contributed by atoms with Crippen LogP contribution >= 0.6 is 0 Å². The van der Waals surface area contributed by atoms with Gasteiger partial charge in [0.25, 0.3) is 0 Å². The Morgan fingerprint density at radius 3 is 2.42 bits per heavy atom. The minimum Gasteiger partial charge on any atom is -0.380 e. The quantitative estimate of drug-likeness (QED) is 0.685. The number of hydrogen-bond donors (Lipinski definition) is 1. The van der Waals surface area contributed by atoms with E-state index in [1.54, 1.807) is 0 Å². The zero-order chi connectivity index (χ0) is 13.7. The predicted molar refractivity (Wildman–Crippen MR) is 80.5 cm³/mol. The lowest BCUT2D eigenvalue weighted by Crippen LogP contribution is -2.49. The van der Waals surface area contributed by atoms with Gasteiger partial charge in [-0.3, -0.25) is 4.90 Å². The number of nitrogens with zero attached hydrogens (tertiary/aromatic N) is 1. The Bertz CT molecular complexity index is 245. The molecule has 2 atom stereocenters. The molecule has 2 bridgehead atoms. The fraction of sp³-hybridized carbons (Fsp3) is 1.00. The summed E-state index contributed by atoms with van der Waals surface area (Å²) in [6.45, 7) is 10.9. The number of hydrogen-bond acceptors (Lipinski definition) is 3. The highest BCUT2D eigenvalue weighted by Gasteiger charge is 2.35. The molecular formula is C16H32N2O. The first-order valence-electron chi connectivity index (χ1n) is 8.26. The lowest BCUT2D eigenvalue weighted by atomic mass is 9.98. The van der Waals surface area contributed by atoms with Crippen molar-refractivity contribution in [3.05, 3.63) is 0 Å². The van der Waals surface area contributed by atoms with Crippen LogP contribution in [0.2, 0.25) is 0 Å². The molecule has 0 saturated carbocycles. The van der Waals surface area contributed by atoms with E-state index in [1.165, 1.54) is 32.1 Å². The molecule has 0 aromatic carbocycles. The van der Waals surface area contributed by atoms with Gasteiger partial charge in [-0.2, -0.15) is 0 Å². The summed E-state index contributed by atoms with van der Waals surface area (Å²) in [7, 11) is 0. The molecule has 2 unspecified atom stereocenters. The van der Waals surface area contributed by atoms with Crippen molar-refractivity contribution in [1.29, 1.82) is 0 Å². The fourth-order valence-corrected chi connectivity index (χ4v) is 3.53. The third-order valence-corrected chi connectivity index (χ3v) is 4.73. The summed E-state index contributed by atoms with van der Waals surface area (Å²) in [5.41, 5.74) is 0. The largest absolute Gasteiger partial charge is 0.380 e. The molecule has 2 rings (SSSR count). The topological polar surface area (TPSA) is 24.5 Å². The van der Waals surface area contributed by atoms with Crippen molar-refractivity contribution in [3.8, 4) is 0 Å². The average Bonchev–Trinajstić information content (AvgIpc) is 2.72. The third-order valence-electron chi connectivity index (χ3n) is 4.73. The SMILES string of the molecule is CCN(CCOCCC(C)C)C1CC2CCC(C1)N2. The third kappa shape index (κ3) is 4.73. The second kappa shape index (κ2) is 7.61. The summed E-state index contributed by atoms with van der Waals surface area (Å²) in [5, 5.41) is 3.73. The summed E-state index contributed by atoms with van der Waals surface area (Å²) in [6, 6.07) is 2.37. The van der Waals surface area contributed by atoms with Crippen LogP contribution in [0.1, 0.15) is 52.9 Å². The van der Waals surface area contributed by atoms with Gasteiger partial charge >= 0.3 is 0 Å². The zero-order valence-corrected chi connectivity index (χ0v) is 13.0. The highest BCUT2D eigenvalue weighted by molar-refractivity contribution is 4.95. The highest BCUT2D eigenvalue weighted by atomic mass is 16.5. The van der Waals surface area contributed by atoms with E-state index in [-0.39, 0.29) is 0 Å². The minimum atomic E-state index is 0.752. The maximum atomic E-state index is 5.78. The molecule has 2 aliphatic rings. The van der Waals surface area contributed by atoms with Crippen LogP contribution in [0.3, 0.4) is 0 Å². The molecule has 0 aromatic rings. The Morgan fingerprint density at radius 1 is 1.16 bits per heavy atom. The standard InChI is InChI=1S/C16H32N2O/c1-4-18(8-10-19-9-7-13(2)3)16-11-14-5-6-15(12-16)17-14/h13-17H,4-12H2,1-3H3. The van der Waals surface area contributed by atoms with E-state index in [2.05, 4.69) is 31.0 Å². The minimum absolute atomic E-state index is 0.752. The normalized spacial score (nSPS) is 30.5. The van der Waals surface area contributed by atoms with E-state index in [0.29, 0.717) is 0 Å². The molecule has 2 aliphatic heterocycles. The Balaban J connectivity index is 1.65. The molecule has 3 heteroatoms. The van der Waals surface area contributed by atoms with Crippen molar-refractivity contribution in [2.24, 2.45) is 5.92 Å². The number of piperidine rings is 1. The zero-order valence-electron chi connectivity index (χ0n) is 13.0. The molecule has 0 radical (unpaired) electrons. The van der Waals surface area contributed by atoms with Gasteiger partial charge in [-0.25, -0.2) is 0 Å². The fourth-order valence-electron chi connectivity index (χ4n) is 3.53. The molecule has 2 saturated heterocycles. The molecule has 112 valence electrons. The van der Waals surface area contributed by atoms with E-state index in [4.69, 9.17) is 4.74 Å². The Hall–Kier alpha value is -0.120. The van der Waals surface area contributed by atoms with Crippen molar-refractivity contribution >= 4 is 0 Å². The van der Waals surface area contributed by atoms with Crippen LogP contribution in [-0.2, 0) is 4.74 Å². The number of nitrogens with one attached hydrogen (secondary N) is 1. The van der Waals surface area contributed by atoms with Gasteiger partial charge in [0.15, 0.2) is 0 Å². The van der Waals surface area contributed by atoms with Crippen molar-refractivity contribution in [1.82, 2.24) is 10.2 Å². The maximum absolute atomic E-state index is 5.78. The van der Waals surface area contributed by atoms with Crippen LogP contribution < -0.4 is 5.32 Å². The summed E-state index contributed by atoms with van der Waals surface area (Å²) in [6.07, 6.45) is 6.66. The van der Waals surface area contributed by atoms with Crippen LogP contribution in [0.5, 0.6) is 0 Å². The van der Waals surface area contributed by atoms with Gasteiger partial charge in [-0.05, 0) is 44.6 Å². The monoisotopic (exact) mass is 268 g/mol. The molecule has 1 N–H and O–H groups in total. The maximum Gasteiger partial charge on any atom is 0.0593 e. The lowest BCUT2D eigenvalue weighted by Gasteiger charge is -2.37. The lowest BCUT2D eigenvalue weighted by molar-refractivity contribution is 0.0704. The molecule has 0 amide bonds. The molecule has 2 heterocycles. The highest BCUT2D eigenvalue weighted by Crippen LogP contribution is 2.29. The number of rotatable bonds is 8. The van der Waals surface area contributed by atoms with Gasteiger partial charge in [-0.1, -0.05) is 20.8 Å². The van der Waals surface area contributed by atoms with Crippen LogP contribution in [0.15, 0.2) is 0 Å². The van der Waals surface area contributed by atoms with Gasteiger partial charge < -0.3 is 10.1 Å². The molecular weight excluding hydrogens is 236 g/mol. The second-order valence-electron chi connectivity index (χ2n) is 6.69. The molecule has 0 aromatic heterocycles.